The Morgan fingerprint density at radius 1 is 0.703 bits per heavy atom. The zero-order valence-electron chi connectivity index (χ0n) is 38.7. The summed E-state index contributed by atoms with van der Waals surface area (Å²) in [6.45, 7) is 16.8. The lowest BCUT2D eigenvalue weighted by molar-refractivity contribution is -0.387. The average Bonchev–Trinajstić information content (AvgIpc) is 3.22. The maximum Gasteiger partial charge on any atom is 0.335 e. The van der Waals surface area contributed by atoms with E-state index in [9.17, 15) is 55.9 Å². The number of hydrogen-bond acceptors (Lipinski definition) is 16. The molecule has 17 nitrogen and oxygen atoms in total. The standard InChI is InChI=1S/C47H76O17/c1-21-29(51)31(53)34(56)39(60-21)63-36-30(52)24(49)19-59-40(36)64-37-33(55)32(54)35(38(57)58)62-41(37)61-28-12-13-44(5)25(45(28,6)20-48)11-14-47(8)26(44)10-9-22-23-17-42(2,3)18-27(50)43(23,4)15-16-46(22,47)7/h9,21,23-37,39-41,48-56H,10-20H2,1-8H3,(H,57,58)/t21-,23+,24-,25-,26-,27-,28+,29-,30-,31+,32-,33-,34+,35-,36+,37+,39+,40-,41?,43-,44+,45-,46-,47-/m1/s1. The van der Waals surface area contributed by atoms with Crippen molar-refractivity contribution in [1.29, 1.82) is 0 Å². The third kappa shape index (κ3) is 7.49. The van der Waals surface area contributed by atoms with E-state index >= 15 is 0 Å². The lowest BCUT2D eigenvalue weighted by Crippen LogP contribution is -2.68. The van der Waals surface area contributed by atoms with Gasteiger partial charge in [-0.05, 0) is 104 Å². The van der Waals surface area contributed by atoms with Gasteiger partial charge in [0.1, 0.15) is 54.9 Å². The maximum atomic E-state index is 12.4. The number of rotatable bonds is 8. The van der Waals surface area contributed by atoms with Gasteiger partial charge in [-0.25, -0.2) is 4.79 Å². The van der Waals surface area contributed by atoms with E-state index in [1.807, 2.05) is 6.92 Å². The highest BCUT2D eigenvalue weighted by Gasteiger charge is 2.70. The van der Waals surface area contributed by atoms with Crippen LogP contribution in [0.3, 0.4) is 0 Å². The first-order chi connectivity index (χ1) is 29.8. The Hall–Kier alpha value is -1.39. The van der Waals surface area contributed by atoms with Crippen molar-refractivity contribution in [1.82, 2.24) is 0 Å². The molecule has 7 fully saturated rings. The molecule has 64 heavy (non-hydrogen) atoms. The summed E-state index contributed by atoms with van der Waals surface area (Å²) in [5, 5.41) is 109. The number of aliphatic hydroxyl groups excluding tert-OH is 9. The number of aliphatic carboxylic acids is 1. The molecule has 3 saturated heterocycles. The molecule has 24 atom stereocenters. The molecule has 0 aromatic carbocycles. The molecule has 0 aromatic heterocycles. The lowest BCUT2D eigenvalue weighted by atomic mass is 9.33. The van der Waals surface area contributed by atoms with Gasteiger partial charge in [-0.15, -0.1) is 0 Å². The molecule has 366 valence electrons. The number of hydrogen-bond donors (Lipinski definition) is 10. The molecule has 0 radical (unpaired) electrons. The molecule has 0 spiro atoms. The van der Waals surface area contributed by atoms with Gasteiger partial charge in [0, 0.05) is 10.8 Å². The van der Waals surface area contributed by atoms with Crippen LogP contribution in [0.4, 0.5) is 0 Å². The highest BCUT2D eigenvalue weighted by atomic mass is 16.8. The fourth-order valence-electron chi connectivity index (χ4n) is 14.8. The largest absolute Gasteiger partial charge is 0.479 e. The summed E-state index contributed by atoms with van der Waals surface area (Å²) in [6, 6.07) is 0. The van der Waals surface area contributed by atoms with Gasteiger partial charge in [0.2, 0.25) is 0 Å². The summed E-state index contributed by atoms with van der Waals surface area (Å²) in [5.74, 6) is -1.05. The number of carboxylic acid groups (broad SMARTS) is 1. The Morgan fingerprint density at radius 3 is 2.05 bits per heavy atom. The molecule has 3 heterocycles. The quantitative estimate of drug-likeness (QED) is 0.122. The van der Waals surface area contributed by atoms with Crippen molar-refractivity contribution in [2.45, 2.75) is 211 Å². The lowest BCUT2D eigenvalue weighted by Gasteiger charge is -2.72. The van der Waals surface area contributed by atoms with Crippen molar-refractivity contribution in [2.75, 3.05) is 13.2 Å². The van der Waals surface area contributed by atoms with Crippen molar-refractivity contribution in [2.24, 2.45) is 50.2 Å². The Morgan fingerprint density at radius 2 is 1.38 bits per heavy atom. The molecule has 17 heteroatoms. The summed E-state index contributed by atoms with van der Waals surface area (Å²) >= 11 is 0. The highest BCUT2D eigenvalue weighted by molar-refractivity contribution is 5.73. The fraction of sp³-hybridized carbons (Fsp3) is 0.936. The van der Waals surface area contributed by atoms with Crippen molar-refractivity contribution in [3.63, 3.8) is 0 Å². The van der Waals surface area contributed by atoms with Gasteiger partial charge in [-0.2, -0.15) is 0 Å². The molecule has 0 aromatic rings. The molecule has 5 aliphatic carbocycles. The first-order valence-electron chi connectivity index (χ1n) is 23.7. The number of carbonyl (C=O) groups is 1. The van der Waals surface area contributed by atoms with Crippen LogP contribution in [0.1, 0.15) is 113 Å². The van der Waals surface area contributed by atoms with E-state index in [1.54, 1.807) is 0 Å². The minimum absolute atomic E-state index is 0.0286. The van der Waals surface area contributed by atoms with E-state index in [2.05, 4.69) is 47.6 Å². The third-order valence-electron chi connectivity index (χ3n) is 19.1. The zero-order chi connectivity index (χ0) is 46.9. The predicted molar refractivity (Wildman–Crippen MR) is 225 cm³/mol. The minimum Gasteiger partial charge on any atom is -0.479 e. The molecular weight excluding hydrogens is 837 g/mol. The van der Waals surface area contributed by atoms with E-state index in [4.69, 9.17) is 28.4 Å². The van der Waals surface area contributed by atoms with Crippen LogP contribution in [0, 0.1) is 50.2 Å². The predicted octanol–water partition coefficient (Wildman–Crippen LogP) is 1.34. The van der Waals surface area contributed by atoms with Gasteiger partial charge in [0.15, 0.2) is 25.0 Å². The summed E-state index contributed by atoms with van der Waals surface area (Å²) in [5.41, 5.74) is 0.0929. The number of carboxylic acids is 1. The topological polar surface area (TPSA) is 275 Å². The fourth-order valence-corrected chi connectivity index (χ4v) is 14.8. The van der Waals surface area contributed by atoms with Crippen LogP contribution < -0.4 is 0 Å². The van der Waals surface area contributed by atoms with Gasteiger partial charge in [-0.1, -0.05) is 60.1 Å². The smallest absolute Gasteiger partial charge is 0.335 e. The minimum atomic E-state index is -2.01. The van der Waals surface area contributed by atoms with Gasteiger partial charge >= 0.3 is 5.97 Å². The van der Waals surface area contributed by atoms with Gasteiger partial charge in [0.05, 0.1) is 31.5 Å². The molecule has 8 aliphatic rings. The van der Waals surface area contributed by atoms with E-state index in [-0.39, 0.29) is 51.6 Å². The Bertz CT molecular complexity index is 1760. The molecule has 8 rings (SSSR count). The molecule has 1 unspecified atom stereocenters. The summed E-state index contributed by atoms with van der Waals surface area (Å²) < 4.78 is 36.1. The van der Waals surface area contributed by atoms with Crippen LogP contribution in [0.15, 0.2) is 11.6 Å². The highest BCUT2D eigenvalue weighted by Crippen LogP contribution is 2.76. The van der Waals surface area contributed by atoms with Crippen LogP contribution in [0.2, 0.25) is 0 Å². The second kappa shape index (κ2) is 16.9. The molecule has 4 saturated carbocycles. The molecule has 0 amide bonds. The van der Waals surface area contributed by atoms with Crippen molar-refractivity contribution in [3.8, 4) is 0 Å². The SMILES string of the molecule is C[C@H]1O[C@@H](O[C@@H]2[C@@H](O[C@@H]3C(O[C@H]4CC[C@@]5(C)[C@@H](CC[C@]6(C)[C@@H]5CC=C5[C@@H]7CC(C)(C)C[C@@H](O)[C@]7(C)CC[C@]56C)[C@@]4(C)CO)O[C@@H](C(=O)O)[C@H](O)[C@H]3O)OC[C@@H](O)[C@H]2O)[C@@H](O)[C@@H](O)[C@@H]1O. The van der Waals surface area contributed by atoms with Crippen molar-refractivity contribution in [3.05, 3.63) is 11.6 Å². The Balaban J connectivity index is 1.06. The van der Waals surface area contributed by atoms with Crippen LogP contribution in [0.5, 0.6) is 0 Å². The zero-order valence-corrected chi connectivity index (χ0v) is 38.7. The second-order valence-corrected chi connectivity index (χ2v) is 23.2. The van der Waals surface area contributed by atoms with Crippen LogP contribution in [-0.4, -0.2) is 168 Å². The number of aliphatic hydroxyl groups is 9. The summed E-state index contributed by atoms with van der Waals surface area (Å²) in [7, 11) is 0. The second-order valence-electron chi connectivity index (χ2n) is 23.2. The third-order valence-corrected chi connectivity index (χ3v) is 19.1. The number of fused-ring (bicyclic) bond motifs is 7. The Labute approximate surface area is 376 Å². The van der Waals surface area contributed by atoms with Gasteiger partial charge in [0.25, 0.3) is 0 Å². The van der Waals surface area contributed by atoms with E-state index < -0.39 is 110 Å². The van der Waals surface area contributed by atoms with Crippen LogP contribution >= 0.6 is 0 Å². The van der Waals surface area contributed by atoms with E-state index in [0.717, 1.165) is 44.9 Å². The van der Waals surface area contributed by atoms with Gasteiger partial charge < -0.3 is 79.5 Å². The molecule has 0 bridgehead atoms. The number of allylic oxidation sites excluding steroid dienone is 2. The van der Waals surface area contributed by atoms with Crippen molar-refractivity contribution >= 4 is 5.97 Å². The van der Waals surface area contributed by atoms with E-state index in [0.29, 0.717) is 18.8 Å². The first kappa shape index (κ1) is 49.0. The summed E-state index contributed by atoms with van der Waals surface area (Å²) in [6.07, 6.45) is -14.5. The van der Waals surface area contributed by atoms with Crippen LogP contribution in [-0.2, 0) is 33.2 Å². The van der Waals surface area contributed by atoms with Gasteiger partial charge in [-0.3, -0.25) is 0 Å². The van der Waals surface area contributed by atoms with Crippen molar-refractivity contribution < 1.29 is 84.3 Å². The summed E-state index contributed by atoms with van der Waals surface area (Å²) in [4.78, 5) is 12.4. The monoisotopic (exact) mass is 913 g/mol. The average molecular weight is 913 g/mol. The first-order valence-corrected chi connectivity index (χ1v) is 23.7. The molecule has 10 N–H and O–H groups in total. The van der Waals surface area contributed by atoms with Crippen LogP contribution in [0.25, 0.3) is 0 Å². The Kier molecular flexibility index (Phi) is 13.0. The maximum absolute atomic E-state index is 12.4. The molecular formula is C47H76O17. The van der Waals surface area contributed by atoms with E-state index in [1.165, 1.54) is 12.5 Å². The molecule has 3 aliphatic heterocycles. The normalized spacial score (nSPS) is 56.1. The number of ether oxygens (including phenoxy) is 6.